The second-order valence-electron chi connectivity index (χ2n) is 9.40. The van der Waals surface area contributed by atoms with Crippen LogP contribution in [0.4, 0.5) is 13.2 Å². The Hall–Kier alpha value is -2.80. The van der Waals surface area contributed by atoms with Crippen molar-refractivity contribution >= 4 is 10.8 Å². The highest BCUT2D eigenvalue weighted by atomic mass is 19.1. The van der Waals surface area contributed by atoms with Crippen molar-refractivity contribution in [2.45, 2.75) is 70.6 Å². The smallest absolute Gasteiger partial charge is 0.144 e. The number of hydrogen-bond acceptors (Lipinski definition) is 1. The molecule has 0 amide bonds. The first kappa shape index (κ1) is 23.4. The number of nitrogens with zero attached hydrogens (tertiary/aromatic N) is 1. The molecule has 0 aromatic heterocycles. The molecule has 0 atom stereocenters. The number of rotatable bonds is 7. The van der Waals surface area contributed by atoms with E-state index in [9.17, 15) is 8.78 Å². The van der Waals surface area contributed by atoms with Crippen LogP contribution >= 0.6 is 0 Å². The van der Waals surface area contributed by atoms with Gasteiger partial charge >= 0.3 is 0 Å². The van der Waals surface area contributed by atoms with Crippen LogP contribution < -0.4 is 0 Å². The first-order valence-corrected chi connectivity index (χ1v) is 12.1. The predicted molar refractivity (Wildman–Crippen MR) is 127 cm³/mol. The largest absolute Gasteiger partial charge is 0.206 e. The average Bonchev–Trinajstić information content (AvgIpc) is 2.82. The molecule has 0 heterocycles. The van der Waals surface area contributed by atoms with Gasteiger partial charge in [0.15, 0.2) is 0 Å². The van der Waals surface area contributed by atoms with Crippen molar-refractivity contribution in [1.82, 2.24) is 0 Å². The summed E-state index contributed by atoms with van der Waals surface area (Å²) in [6.07, 6.45) is 11.5. The van der Waals surface area contributed by atoms with Crippen molar-refractivity contribution in [2.24, 2.45) is 5.92 Å². The molecule has 0 unspecified atom stereocenters. The Morgan fingerprint density at radius 2 is 1.61 bits per heavy atom. The van der Waals surface area contributed by atoms with Crippen LogP contribution in [0.3, 0.4) is 0 Å². The van der Waals surface area contributed by atoms with E-state index in [4.69, 9.17) is 5.26 Å². The van der Waals surface area contributed by atoms with E-state index in [1.54, 1.807) is 12.1 Å². The Balaban J connectivity index is 1.51. The van der Waals surface area contributed by atoms with Gasteiger partial charge in [0.2, 0.25) is 0 Å². The van der Waals surface area contributed by atoms with Crippen LogP contribution in [0.15, 0.2) is 42.5 Å². The maximum atomic E-state index is 15.3. The van der Waals surface area contributed by atoms with Crippen LogP contribution in [-0.2, 0) is 0 Å². The minimum absolute atomic E-state index is 0.0877. The highest BCUT2D eigenvalue weighted by Crippen LogP contribution is 2.39. The van der Waals surface area contributed by atoms with Gasteiger partial charge < -0.3 is 0 Å². The molecule has 0 bridgehead atoms. The van der Waals surface area contributed by atoms with Crippen LogP contribution in [0.25, 0.3) is 21.9 Å². The van der Waals surface area contributed by atoms with E-state index in [2.05, 4.69) is 13.0 Å². The van der Waals surface area contributed by atoms with E-state index >= 15 is 4.39 Å². The predicted octanol–water partition coefficient (Wildman–Crippen LogP) is 9.04. The van der Waals surface area contributed by atoms with E-state index in [1.807, 2.05) is 12.1 Å². The monoisotopic (exact) mass is 449 g/mol. The van der Waals surface area contributed by atoms with Crippen molar-refractivity contribution in [2.75, 3.05) is 0 Å². The van der Waals surface area contributed by atoms with E-state index in [1.165, 1.54) is 69.4 Å². The first-order chi connectivity index (χ1) is 16.0. The summed E-state index contributed by atoms with van der Waals surface area (Å²) in [5.74, 6) is -1.12. The maximum absolute atomic E-state index is 15.3. The van der Waals surface area contributed by atoms with Gasteiger partial charge in [-0.15, -0.1) is 0 Å². The summed E-state index contributed by atoms with van der Waals surface area (Å²) in [6, 6.07) is 12.8. The van der Waals surface area contributed by atoms with Crippen molar-refractivity contribution in [1.29, 1.82) is 5.26 Å². The lowest BCUT2D eigenvalue weighted by Crippen LogP contribution is -2.13. The van der Waals surface area contributed by atoms with E-state index in [0.29, 0.717) is 11.3 Å². The molecule has 4 heteroatoms. The molecule has 0 saturated heterocycles. The van der Waals surface area contributed by atoms with Gasteiger partial charge in [0.1, 0.15) is 29.1 Å². The van der Waals surface area contributed by atoms with E-state index in [-0.39, 0.29) is 11.1 Å². The number of benzene rings is 3. The molecule has 1 aliphatic carbocycles. The number of unbranched alkanes of at least 4 members (excludes halogenated alkanes) is 3. The standard InChI is InChI=1S/C29H30F3N/c1-2-3-4-5-6-19-7-9-20(10-8-19)21-11-13-24-22(15-21)12-14-25(29(24)32)23-16-27(30)26(18-33)28(31)17-23/h11-17,19-20H,2-10H2,1H3. The van der Waals surface area contributed by atoms with Crippen LogP contribution in [0.2, 0.25) is 0 Å². The minimum atomic E-state index is -0.983. The molecule has 33 heavy (non-hydrogen) atoms. The zero-order valence-electron chi connectivity index (χ0n) is 19.1. The topological polar surface area (TPSA) is 23.8 Å². The fraction of sp³-hybridized carbons (Fsp3) is 0.414. The van der Waals surface area contributed by atoms with Crippen LogP contribution in [0, 0.1) is 34.7 Å². The molecular weight excluding hydrogens is 419 g/mol. The van der Waals surface area contributed by atoms with Crippen LogP contribution in [-0.4, -0.2) is 0 Å². The molecule has 4 rings (SSSR count). The number of fused-ring (bicyclic) bond motifs is 1. The second-order valence-corrected chi connectivity index (χ2v) is 9.40. The summed E-state index contributed by atoms with van der Waals surface area (Å²) in [5, 5.41) is 10.1. The quantitative estimate of drug-likeness (QED) is 0.330. The molecule has 0 aliphatic heterocycles. The molecule has 1 aliphatic rings. The van der Waals surface area contributed by atoms with E-state index in [0.717, 1.165) is 23.4 Å². The van der Waals surface area contributed by atoms with Gasteiger partial charge in [-0.05, 0) is 66.2 Å². The molecule has 172 valence electrons. The summed E-state index contributed by atoms with van der Waals surface area (Å²) >= 11 is 0. The summed E-state index contributed by atoms with van der Waals surface area (Å²) in [7, 11) is 0. The Labute approximate surface area is 194 Å². The number of hydrogen-bond donors (Lipinski definition) is 0. The summed E-state index contributed by atoms with van der Waals surface area (Å²) in [6.45, 7) is 2.24. The van der Waals surface area contributed by atoms with Gasteiger partial charge in [0, 0.05) is 10.9 Å². The number of nitriles is 1. The first-order valence-electron chi connectivity index (χ1n) is 12.1. The maximum Gasteiger partial charge on any atom is 0.144 e. The van der Waals surface area contributed by atoms with Crippen LogP contribution in [0.1, 0.15) is 81.8 Å². The SMILES string of the molecule is CCCCCCC1CCC(c2ccc3c(F)c(-c4cc(F)c(C#N)c(F)c4)ccc3c2)CC1. The molecular formula is C29H30F3N. The third kappa shape index (κ3) is 5.08. The Bertz CT molecular complexity index is 1150. The van der Waals surface area contributed by atoms with Gasteiger partial charge in [-0.3, -0.25) is 0 Å². The highest BCUT2D eigenvalue weighted by molar-refractivity contribution is 5.89. The van der Waals surface area contributed by atoms with Gasteiger partial charge in [-0.25, -0.2) is 13.2 Å². The Morgan fingerprint density at radius 3 is 2.27 bits per heavy atom. The summed E-state index contributed by atoms with van der Waals surface area (Å²) < 4.78 is 43.4. The molecule has 1 saturated carbocycles. The fourth-order valence-electron chi connectivity index (χ4n) is 5.27. The molecule has 0 N–H and O–H groups in total. The van der Waals surface area contributed by atoms with Crippen molar-refractivity contribution in [3.63, 3.8) is 0 Å². The number of halogens is 3. The lowest BCUT2D eigenvalue weighted by atomic mass is 9.76. The zero-order chi connectivity index (χ0) is 23.4. The highest BCUT2D eigenvalue weighted by Gasteiger charge is 2.23. The lowest BCUT2D eigenvalue weighted by molar-refractivity contribution is 0.302. The third-order valence-corrected chi connectivity index (χ3v) is 7.23. The van der Waals surface area contributed by atoms with Crippen molar-refractivity contribution in [3.8, 4) is 17.2 Å². The van der Waals surface area contributed by atoms with Crippen molar-refractivity contribution < 1.29 is 13.2 Å². The average molecular weight is 450 g/mol. The Morgan fingerprint density at radius 1 is 0.879 bits per heavy atom. The van der Waals surface area contributed by atoms with Gasteiger partial charge in [-0.1, -0.05) is 69.4 Å². The minimum Gasteiger partial charge on any atom is -0.206 e. The zero-order valence-corrected chi connectivity index (χ0v) is 19.1. The molecule has 3 aromatic carbocycles. The molecule has 0 spiro atoms. The Kier molecular flexibility index (Phi) is 7.38. The summed E-state index contributed by atoms with van der Waals surface area (Å²) in [5.41, 5.74) is 0.806. The van der Waals surface area contributed by atoms with Gasteiger partial charge in [0.05, 0.1) is 0 Å². The van der Waals surface area contributed by atoms with E-state index < -0.39 is 23.0 Å². The molecule has 1 fully saturated rings. The molecule has 0 radical (unpaired) electrons. The summed E-state index contributed by atoms with van der Waals surface area (Å²) in [4.78, 5) is 0. The third-order valence-electron chi connectivity index (χ3n) is 7.23. The second kappa shape index (κ2) is 10.4. The normalized spacial score (nSPS) is 18.4. The fourth-order valence-corrected chi connectivity index (χ4v) is 5.27. The van der Waals surface area contributed by atoms with Gasteiger partial charge in [0.25, 0.3) is 0 Å². The van der Waals surface area contributed by atoms with Gasteiger partial charge in [-0.2, -0.15) is 5.26 Å². The molecule has 3 aromatic rings. The van der Waals surface area contributed by atoms with Crippen LogP contribution in [0.5, 0.6) is 0 Å². The molecule has 1 nitrogen and oxygen atoms in total. The van der Waals surface area contributed by atoms with Crippen molar-refractivity contribution in [3.05, 3.63) is 71.0 Å². The lowest BCUT2D eigenvalue weighted by Gasteiger charge is -2.29.